The minimum absolute atomic E-state index is 0.0835. The highest BCUT2D eigenvalue weighted by Crippen LogP contribution is 2.16. The summed E-state index contributed by atoms with van der Waals surface area (Å²) in [7, 11) is 0. The summed E-state index contributed by atoms with van der Waals surface area (Å²) >= 11 is 0. The van der Waals surface area contributed by atoms with Gasteiger partial charge in [-0.3, -0.25) is 0 Å². The van der Waals surface area contributed by atoms with Crippen molar-refractivity contribution < 1.29 is 27.5 Å². The molecular formula is C12H10F3N3O3. The summed E-state index contributed by atoms with van der Waals surface area (Å²) < 4.78 is 39.7. The SMILES string of the molecule is O=C(OCCCc1nc2ccccc2[n+]([O-])n1)C(F)(F)F. The standard InChI is InChI=1S/C12H10F3N3O3/c13-12(14,15)11(19)21-7-3-6-10-16-8-4-1-2-5-9(8)18(20)17-10/h1-2,4-5H,3,6-7H2. The van der Waals surface area contributed by atoms with Crippen LogP contribution in [0.1, 0.15) is 12.2 Å². The van der Waals surface area contributed by atoms with Crippen LogP contribution in [0.15, 0.2) is 24.3 Å². The molecule has 0 unspecified atom stereocenters. The first kappa shape index (κ1) is 14.9. The van der Waals surface area contributed by atoms with Gasteiger partial charge in [-0.2, -0.15) is 13.2 Å². The summed E-state index contributed by atoms with van der Waals surface area (Å²) in [6, 6.07) is 6.54. The quantitative estimate of drug-likeness (QED) is 0.368. The van der Waals surface area contributed by atoms with E-state index in [4.69, 9.17) is 0 Å². The molecule has 0 aliphatic heterocycles. The second kappa shape index (κ2) is 5.90. The summed E-state index contributed by atoms with van der Waals surface area (Å²) in [5, 5.41) is 15.3. The number of carbonyl (C=O) groups is 1. The van der Waals surface area contributed by atoms with Gasteiger partial charge in [-0.1, -0.05) is 12.1 Å². The second-order valence-corrected chi connectivity index (χ2v) is 4.13. The Morgan fingerprint density at radius 1 is 1.33 bits per heavy atom. The normalized spacial score (nSPS) is 11.6. The van der Waals surface area contributed by atoms with Crippen LogP contribution in [0.4, 0.5) is 13.2 Å². The molecule has 9 heteroatoms. The molecule has 21 heavy (non-hydrogen) atoms. The summed E-state index contributed by atoms with van der Waals surface area (Å²) in [6.07, 6.45) is -4.80. The number of hydrogen-bond donors (Lipinski definition) is 0. The van der Waals surface area contributed by atoms with E-state index in [0.717, 1.165) is 0 Å². The Bertz CT molecular complexity index is 661. The molecule has 0 atom stereocenters. The van der Waals surface area contributed by atoms with Gasteiger partial charge in [0, 0.05) is 17.6 Å². The Kier molecular flexibility index (Phi) is 4.20. The molecule has 0 radical (unpaired) electrons. The number of aromatic nitrogens is 3. The molecule has 1 aromatic carbocycles. The monoisotopic (exact) mass is 301 g/mol. The Hall–Kier alpha value is -2.45. The number of hydrogen-bond acceptors (Lipinski definition) is 5. The van der Waals surface area contributed by atoms with Gasteiger partial charge in [0.05, 0.1) is 6.61 Å². The number of aryl methyl sites for hydroxylation is 1. The number of alkyl halides is 3. The van der Waals surface area contributed by atoms with Crippen LogP contribution < -0.4 is 4.85 Å². The molecule has 1 aromatic heterocycles. The third-order valence-electron chi connectivity index (χ3n) is 2.55. The molecule has 6 nitrogen and oxygen atoms in total. The van der Waals surface area contributed by atoms with E-state index in [0.29, 0.717) is 15.9 Å². The van der Waals surface area contributed by atoms with Crippen molar-refractivity contribution in [3.8, 4) is 0 Å². The number of ether oxygens (including phenoxy) is 1. The maximum absolute atomic E-state index is 11.9. The lowest BCUT2D eigenvalue weighted by molar-refractivity contribution is -0.644. The molecule has 1 heterocycles. The van der Waals surface area contributed by atoms with Gasteiger partial charge in [0.25, 0.3) is 5.52 Å². The van der Waals surface area contributed by atoms with E-state index in [1.807, 2.05) is 0 Å². The topological polar surface area (TPSA) is 79.0 Å². The number of para-hydroxylation sites is 2. The lowest BCUT2D eigenvalue weighted by Crippen LogP contribution is -2.34. The minimum atomic E-state index is -5.00. The Morgan fingerprint density at radius 3 is 2.76 bits per heavy atom. The predicted octanol–water partition coefficient (Wildman–Crippen LogP) is 1.30. The maximum atomic E-state index is 11.9. The van der Waals surface area contributed by atoms with Crippen molar-refractivity contribution >= 4 is 17.0 Å². The van der Waals surface area contributed by atoms with Crippen LogP contribution >= 0.6 is 0 Å². The number of carbonyl (C=O) groups excluding carboxylic acids is 1. The Labute approximate surface area is 116 Å². The van der Waals surface area contributed by atoms with Crippen molar-refractivity contribution in [2.24, 2.45) is 0 Å². The predicted molar refractivity (Wildman–Crippen MR) is 63.8 cm³/mol. The van der Waals surface area contributed by atoms with E-state index in [1.54, 1.807) is 24.3 Å². The Balaban J connectivity index is 1.94. The molecule has 2 aromatic rings. The van der Waals surface area contributed by atoms with Crippen molar-refractivity contribution in [2.45, 2.75) is 19.0 Å². The average molecular weight is 301 g/mol. The first-order valence-corrected chi connectivity index (χ1v) is 5.97. The van der Waals surface area contributed by atoms with Crippen molar-refractivity contribution in [1.29, 1.82) is 0 Å². The lowest BCUT2D eigenvalue weighted by atomic mass is 10.3. The van der Waals surface area contributed by atoms with E-state index < -0.39 is 18.8 Å². The zero-order valence-corrected chi connectivity index (χ0v) is 10.6. The highest BCUT2D eigenvalue weighted by atomic mass is 19.4. The molecule has 0 N–H and O–H groups in total. The van der Waals surface area contributed by atoms with Crippen LogP contribution in [-0.4, -0.2) is 28.8 Å². The molecule has 0 saturated carbocycles. The highest BCUT2D eigenvalue weighted by Gasteiger charge is 2.40. The van der Waals surface area contributed by atoms with Crippen LogP contribution in [0, 0.1) is 5.21 Å². The first-order chi connectivity index (χ1) is 9.88. The van der Waals surface area contributed by atoms with Crippen molar-refractivity contribution in [3.63, 3.8) is 0 Å². The van der Waals surface area contributed by atoms with E-state index in [-0.39, 0.29) is 18.7 Å². The highest BCUT2D eigenvalue weighted by molar-refractivity contribution is 5.75. The molecule has 2 rings (SSSR count). The van der Waals surface area contributed by atoms with Gasteiger partial charge in [-0.05, 0) is 17.3 Å². The van der Waals surface area contributed by atoms with Crippen molar-refractivity contribution in [1.82, 2.24) is 10.1 Å². The number of fused-ring (bicyclic) bond motifs is 1. The summed E-state index contributed by atoms with van der Waals surface area (Å²) in [5.41, 5.74) is 0.731. The second-order valence-electron chi connectivity index (χ2n) is 4.13. The number of halogens is 3. The summed E-state index contributed by atoms with van der Waals surface area (Å²) in [6.45, 7) is -0.423. The van der Waals surface area contributed by atoms with E-state index in [1.165, 1.54) is 0 Å². The number of nitrogens with zero attached hydrogens (tertiary/aromatic N) is 3. The molecule has 0 bridgehead atoms. The molecule has 112 valence electrons. The number of rotatable bonds is 4. The smallest absolute Gasteiger partial charge is 0.490 e. The van der Waals surface area contributed by atoms with Gasteiger partial charge in [0.15, 0.2) is 5.82 Å². The van der Waals surface area contributed by atoms with Gasteiger partial charge in [0.2, 0.25) is 0 Å². The molecule has 0 saturated heterocycles. The fraction of sp³-hybridized carbons (Fsp3) is 0.333. The first-order valence-electron chi connectivity index (χ1n) is 5.97. The van der Waals surface area contributed by atoms with Crippen LogP contribution in [0.2, 0.25) is 0 Å². The summed E-state index contributed by atoms with van der Waals surface area (Å²) in [5.74, 6) is -2.06. The molecule has 0 aliphatic rings. The van der Waals surface area contributed by atoms with Crippen LogP contribution in [-0.2, 0) is 16.0 Å². The zero-order chi connectivity index (χ0) is 15.5. The Morgan fingerprint density at radius 2 is 2.05 bits per heavy atom. The zero-order valence-electron chi connectivity index (χ0n) is 10.6. The minimum Gasteiger partial charge on any atom is -0.594 e. The van der Waals surface area contributed by atoms with E-state index in [9.17, 15) is 23.2 Å². The molecular weight excluding hydrogens is 291 g/mol. The van der Waals surface area contributed by atoms with Gasteiger partial charge in [-0.15, -0.1) is 0 Å². The molecule has 0 spiro atoms. The molecule has 0 aliphatic carbocycles. The summed E-state index contributed by atoms with van der Waals surface area (Å²) in [4.78, 5) is 15.0. The van der Waals surface area contributed by atoms with E-state index >= 15 is 0 Å². The van der Waals surface area contributed by atoms with Crippen LogP contribution in [0.25, 0.3) is 11.0 Å². The van der Waals surface area contributed by atoms with Gasteiger partial charge < -0.3 is 9.94 Å². The largest absolute Gasteiger partial charge is 0.594 e. The average Bonchev–Trinajstić information content (AvgIpc) is 2.42. The fourth-order valence-electron chi connectivity index (χ4n) is 1.62. The van der Waals surface area contributed by atoms with Gasteiger partial charge in [-0.25, -0.2) is 9.78 Å². The molecule has 0 amide bonds. The number of benzene rings is 1. The van der Waals surface area contributed by atoms with Gasteiger partial charge >= 0.3 is 12.1 Å². The third-order valence-corrected chi connectivity index (χ3v) is 2.55. The van der Waals surface area contributed by atoms with E-state index in [2.05, 4.69) is 14.8 Å². The fourth-order valence-corrected chi connectivity index (χ4v) is 1.62. The van der Waals surface area contributed by atoms with Crippen LogP contribution in [0.3, 0.4) is 0 Å². The number of esters is 1. The van der Waals surface area contributed by atoms with Gasteiger partial charge in [0.1, 0.15) is 5.52 Å². The lowest BCUT2D eigenvalue weighted by Gasteiger charge is -2.06. The molecule has 0 fully saturated rings. The van der Waals surface area contributed by atoms with Crippen molar-refractivity contribution in [3.05, 3.63) is 35.3 Å². The maximum Gasteiger partial charge on any atom is 0.490 e. The van der Waals surface area contributed by atoms with Crippen molar-refractivity contribution in [2.75, 3.05) is 6.61 Å². The third kappa shape index (κ3) is 3.77. The van der Waals surface area contributed by atoms with Crippen LogP contribution in [0.5, 0.6) is 0 Å².